The molecule has 1 fully saturated rings. The molecule has 2 rings (SSSR count). The van der Waals surface area contributed by atoms with Crippen molar-refractivity contribution in [2.24, 2.45) is 5.73 Å². The van der Waals surface area contributed by atoms with Crippen LogP contribution in [0.25, 0.3) is 0 Å². The second kappa shape index (κ2) is 2.82. The van der Waals surface area contributed by atoms with E-state index in [0.717, 1.165) is 12.0 Å². The minimum absolute atomic E-state index is 0.202. The molecule has 1 saturated carbocycles. The highest BCUT2D eigenvalue weighted by Gasteiger charge is 2.36. The molecule has 1 aromatic carbocycles. The Hall–Kier alpha value is -0.410. The van der Waals surface area contributed by atoms with E-state index in [-0.39, 0.29) is 11.9 Å². The normalized spacial score (nSPS) is 27.2. The van der Waals surface area contributed by atoms with Gasteiger partial charge in [-0.1, -0.05) is 12.1 Å². The molecule has 2 N–H and O–H groups in total. The summed E-state index contributed by atoms with van der Waals surface area (Å²) >= 11 is 3.22. The molecule has 0 amide bonds. The molecule has 0 aromatic heterocycles. The number of hydrogen-bond acceptors (Lipinski definition) is 1. The zero-order chi connectivity index (χ0) is 8.72. The lowest BCUT2D eigenvalue weighted by atomic mass is 10.1. The lowest BCUT2D eigenvalue weighted by Crippen LogP contribution is -2.01. The van der Waals surface area contributed by atoms with Gasteiger partial charge < -0.3 is 5.73 Å². The first-order valence-corrected chi connectivity index (χ1v) is 4.69. The average Bonchev–Trinajstić information content (AvgIpc) is 2.73. The van der Waals surface area contributed by atoms with Crippen molar-refractivity contribution in [2.45, 2.75) is 18.4 Å². The first-order chi connectivity index (χ1) is 5.70. The summed E-state index contributed by atoms with van der Waals surface area (Å²) in [6, 6.07) is 5.32. The topological polar surface area (TPSA) is 26.0 Å². The Morgan fingerprint density at radius 2 is 2.17 bits per heavy atom. The van der Waals surface area contributed by atoms with Crippen molar-refractivity contribution in [2.75, 3.05) is 0 Å². The Kier molecular flexibility index (Phi) is 1.93. The summed E-state index contributed by atoms with van der Waals surface area (Å²) in [5.74, 6) is 0.154. The molecule has 3 heteroatoms. The minimum atomic E-state index is -0.202. The van der Waals surface area contributed by atoms with Crippen LogP contribution in [0.5, 0.6) is 0 Å². The zero-order valence-electron chi connectivity index (χ0n) is 6.43. The number of hydrogen-bond donors (Lipinski definition) is 1. The monoisotopic (exact) mass is 229 g/mol. The van der Waals surface area contributed by atoms with Gasteiger partial charge in [0.1, 0.15) is 5.82 Å². The fourth-order valence-electron chi connectivity index (χ4n) is 1.38. The van der Waals surface area contributed by atoms with Gasteiger partial charge in [-0.05, 0) is 34.0 Å². The summed E-state index contributed by atoms with van der Waals surface area (Å²) in [7, 11) is 0. The van der Waals surface area contributed by atoms with E-state index in [2.05, 4.69) is 15.9 Å². The maximum absolute atomic E-state index is 13.0. The van der Waals surface area contributed by atoms with E-state index in [4.69, 9.17) is 5.73 Å². The summed E-state index contributed by atoms with van der Waals surface area (Å²) in [6.45, 7) is 0. The van der Waals surface area contributed by atoms with Crippen LogP contribution in [0.4, 0.5) is 4.39 Å². The predicted molar refractivity (Wildman–Crippen MR) is 49.4 cm³/mol. The van der Waals surface area contributed by atoms with Gasteiger partial charge >= 0.3 is 0 Å². The SMILES string of the molecule is N[C@@H]1C[C@H]1c1cccc(F)c1Br. The fraction of sp³-hybridized carbons (Fsp3) is 0.333. The Balaban J connectivity index is 2.38. The van der Waals surface area contributed by atoms with Crippen LogP contribution in [0.1, 0.15) is 17.9 Å². The molecule has 64 valence electrons. The van der Waals surface area contributed by atoms with Crippen molar-refractivity contribution >= 4 is 15.9 Å². The van der Waals surface area contributed by atoms with Crippen molar-refractivity contribution < 1.29 is 4.39 Å². The van der Waals surface area contributed by atoms with Gasteiger partial charge in [0.05, 0.1) is 4.47 Å². The number of rotatable bonds is 1. The van der Waals surface area contributed by atoms with E-state index >= 15 is 0 Å². The van der Waals surface area contributed by atoms with Crippen molar-refractivity contribution in [1.82, 2.24) is 0 Å². The Bertz CT molecular complexity index is 313. The minimum Gasteiger partial charge on any atom is -0.327 e. The van der Waals surface area contributed by atoms with Gasteiger partial charge in [0.2, 0.25) is 0 Å². The van der Waals surface area contributed by atoms with Crippen molar-refractivity contribution in [3.8, 4) is 0 Å². The molecule has 0 saturated heterocycles. The van der Waals surface area contributed by atoms with E-state index < -0.39 is 0 Å². The van der Waals surface area contributed by atoms with Crippen LogP contribution in [0.2, 0.25) is 0 Å². The second-order valence-electron chi connectivity index (χ2n) is 3.15. The number of nitrogens with two attached hydrogens (primary N) is 1. The fourth-order valence-corrected chi connectivity index (χ4v) is 1.94. The van der Waals surface area contributed by atoms with E-state index in [0.29, 0.717) is 10.4 Å². The summed E-state index contributed by atoms with van der Waals surface area (Å²) in [4.78, 5) is 0. The van der Waals surface area contributed by atoms with E-state index in [1.165, 1.54) is 6.07 Å². The summed E-state index contributed by atoms with van der Waals surface area (Å²) in [5, 5.41) is 0. The molecule has 0 unspecified atom stereocenters. The van der Waals surface area contributed by atoms with Gasteiger partial charge in [0, 0.05) is 12.0 Å². The van der Waals surface area contributed by atoms with E-state index in [1.807, 2.05) is 6.07 Å². The molecule has 0 aliphatic heterocycles. The van der Waals surface area contributed by atoms with Crippen molar-refractivity contribution in [1.29, 1.82) is 0 Å². The summed E-state index contributed by atoms with van der Waals surface area (Å²) in [5.41, 5.74) is 6.68. The van der Waals surface area contributed by atoms with Crippen molar-refractivity contribution in [3.05, 3.63) is 34.1 Å². The largest absolute Gasteiger partial charge is 0.327 e. The molecule has 0 spiro atoms. The first-order valence-electron chi connectivity index (χ1n) is 3.89. The second-order valence-corrected chi connectivity index (χ2v) is 3.94. The lowest BCUT2D eigenvalue weighted by Gasteiger charge is -2.02. The van der Waals surface area contributed by atoms with Gasteiger partial charge in [-0.2, -0.15) is 0 Å². The zero-order valence-corrected chi connectivity index (χ0v) is 8.01. The smallest absolute Gasteiger partial charge is 0.137 e. The van der Waals surface area contributed by atoms with Crippen LogP contribution in [-0.4, -0.2) is 6.04 Å². The third-order valence-corrected chi connectivity index (χ3v) is 3.06. The Morgan fingerprint density at radius 3 is 2.75 bits per heavy atom. The standard InChI is InChI=1S/C9H9BrFN/c10-9-5(6-4-8(6)12)2-1-3-7(9)11/h1-3,6,8H,4,12H2/t6-,8+/m0/s1. The van der Waals surface area contributed by atoms with Gasteiger partial charge in [-0.15, -0.1) is 0 Å². The van der Waals surface area contributed by atoms with Crippen LogP contribution in [0.15, 0.2) is 22.7 Å². The van der Waals surface area contributed by atoms with Gasteiger partial charge in [-0.3, -0.25) is 0 Å². The highest BCUT2D eigenvalue weighted by atomic mass is 79.9. The maximum atomic E-state index is 13.0. The average molecular weight is 230 g/mol. The molecule has 12 heavy (non-hydrogen) atoms. The molecule has 0 bridgehead atoms. The predicted octanol–water partition coefficient (Wildman–Crippen LogP) is 2.40. The molecule has 1 nitrogen and oxygen atoms in total. The molecular weight excluding hydrogens is 221 g/mol. The molecule has 1 aliphatic rings. The van der Waals surface area contributed by atoms with Crippen LogP contribution in [0, 0.1) is 5.82 Å². The highest BCUT2D eigenvalue weighted by Crippen LogP contribution is 2.42. The third kappa shape index (κ3) is 1.27. The third-order valence-electron chi connectivity index (χ3n) is 2.22. The van der Waals surface area contributed by atoms with Crippen LogP contribution >= 0.6 is 15.9 Å². The van der Waals surface area contributed by atoms with Crippen molar-refractivity contribution in [3.63, 3.8) is 0 Å². The van der Waals surface area contributed by atoms with Crippen LogP contribution in [0.3, 0.4) is 0 Å². The quantitative estimate of drug-likeness (QED) is 0.787. The lowest BCUT2D eigenvalue weighted by molar-refractivity contribution is 0.618. The summed E-state index contributed by atoms with van der Waals surface area (Å²) < 4.78 is 13.6. The van der Waals surface area contributed by atoms with Crippen LogP contribution in [-0.2, 0) is 0 Å². The first kappa shape index (κ1) is 8.20. The van der Waals surface area contributed by atoms with Crippen LogP contribution < -0.4 is 5.73 Å². The molecule has 0 radical (unpaired) electrons. The van der Waals surface area contributed by atoms with Gasteiger partial charge in [0.15, 0.2) is 0 Å². The summed E-state index contributed by atoms with van der Waals surface area (Å²) in [6.07, 6.45) is 0.974. The number of benzene rings is 1. The Morgan fingerprint density at radius 1 is 1.50 bits per heavy atom. The maximum Gasteiger partial charge on any atom is 0.137 e. The molecule has 0 heterocycles. The van der Waals surface area contributed by atoms with Gasteiger partial charge in [-0.25, -0.2) is 4.39 Å². The van der Waals surface area contributed by atoms with E-state index in [9.17, 15) is 4.39 Å². The molecule has 1 aromatic rings. The number of halogens is 2. The Labute approximate surface area is 78.9 Å². The highest BCUT2D eigenvalue weighted by molar-refractivity contribution is 9.10. The van der Waals surface area contributed by atoms with Gasteiger partial charge in [0.25, 0.3) is 0 Å². The molecular formula is C9H9BrFN. The molecule has 2 atom stereocenters. The van der Waals surface area contributed by atoms with E-state index in [1.54, 1.807) is 6.07 Å². The molecule has 1 aliphatic carbocycles.